The van der Waals surface area contributed by atoms with Gasteiger partial charge in [0.05, 0.1) is 55.3 Å². The van der Waals surface area contributed by atoms with Gasteiger partial charge in [-0.25, -0.2) is 9.97 Å². The molecule has 0 radical (unpaired) electrons. The molecule has 0 unspecified atom stereocenters. The molecule has 0 amide bonds. The standard InChI is InChI=1S/C38H26N2.C36H24N4.C32H22N2/c1-2-10-27(11-3-1)28-18-20-29(21-19-28)38-26-30-12-4-7-15-35(30)39(38)31-22-24-32(25-23-31)40-36-16-8-5-13-33(36)34-14-6-9-17-37(34)40;1-2-10-26(11-3-1)35-31(24-39-21-9-8-16-34(35)39)36-37-22-27(23-38-36)25-17-19-28(20-18-25)40-32-14-6-4-12-29(32)30-13-5-7-15-33(30)40;1-2-10-23(11-3-1)29-22-33(30-15-7-4-14-28(29)30)24-18-20-25(21-19-24)34-31-16-8-5-12-26(31)27-13-6-9-17-32(27)34/h1-26H;1-24H;1-22H. The van der Waals surface area contributed by atoms with E-state index in [-0.39, 0.29) is 0 Å². The molecule has 0 saturated heterocycles. The number of pyridine rings is 1. The highest BCUT2D eigenvalue weighted by atomic mass is 15.0. The minimum atomic E-state index is 0.716. The molecule has 8 heteroatoms. The maximum atomic E-state index is 4.83. The van der Waals surface area contributed by atoms with E-state index in [0.717, 1.165) is 56.1 Å². The highest BCUT2D eigenvalue weighted by Gasteiger charge is 2.21. The van der Waals surface area contributed by atoms with E-state index in [9.17, 15) is 0 Å². The van der Waals surface area contributed by atoms with Gasteiger partial charge in [0.15, 0.2) is 5.82 Å². The SMILES string of the molecule is c1ccc(-c2c(-c3ncc(-c4ccc(-n5c6ccccc6c6ccccc65)cc4)cn3)cn3ccccc23)cc1.c1ccc(-c2ccc(-c3cc4ccccc4n3-c3ccc(-n4c5ccccc5c5ccccc54)cc3)cc2)cc1.c1ccc(-c2cn(-c3ccc(-n4c5ccccc5c5ccccc54)cc3)c3ccccc23)cc1. The third-order valence-electron chi connectivity index (χ3n) is 22.4. The fourth-order valence-electron chi connectivity index (χ4n) is 17.1. The van der Waals surface area contributed by atoms with Crippen molar-refractivity contribution in [3.8, 4) is 95.6 Å². The molecule has 23 aromatic rings. The third-order valence-corrected chi connectivity index (χ3v) is 22.4. The van der Waals surface area contributed by atoms with Crippen LogP contribution in [0.3, 0.4) is 0 Å². The van der Waals surface area contributed by atoms with E-state index in [1.807, 2.05) is 24.5 Å². The maximum absolute atomic E-state index is 4.83. The molecule has 23 rings (SSSR count). The fourth-order valence-corrected chi connectivity index (χ4v) is 17.1. The first-order chi connectivity index (χ1) is 56.6. The van der Waals surface area contributed by atoms with Crippen LogP contribution >= 0.6 is 0 Å². The Morgan fingerprint density at radius 1 is 0.202 bits per heavy atom. The largest absolute Gasteiger partial charge is 0.322 e. The summed E-state index contributed by atoms with van der Waals surface area (Å²) in [5.74, 6) is 0.716. The van der Waals surface area contributed by atoms with Crippen molar-refractivity contribution in [2.24, 2.45) is 0 Å². The van der Waals surface area contributed by atoms with E-state index >= 15 is 0 Å². The van der Waals surface area contributed by atoms with Crippen molar-refractivity contribution >= 4 is 92.7 Å². The van der Waals surface area contributed by atoms with Crippen LogP contribution in [-0.2, 0) is 0 Å². The van der Waals surface area contributed by atoms with Crippen LogP contribution in [0.5, 0.6) is 0 Å². The number of hydrogen-bond donors (Lipinski definition) is 0. The highest BCUT2D eigenvalue weighted by Crippen LogP contribution is 2.41. The second-order valence-electron chi connectivity index (χ2n) is 28.9. The van der Waals surface area contributed by atoms with Gasteiger partial charge in [0.25, 0.3) is 0 Å². The Hall–Kier alpha value is -15.4. The van der Waals surface area contributed by atoms with Crippen LogP contribution in [0.1, 0.15) is 0 Å². The lowest BCUT2D eigenvalue weighted by molar-refractivity contribution is 1.11. The first-order valence-electron chi connectivity index (χ1n) is 38.7. The van der Waals surface area contributed by atoms with Gasteiger partial charge in [0.1, 0.15) is 0 Å². The number of rotatable bonds is 11. The van der Waals surface area contributed by atoms with Gasteiger partial charge in [-0.15, -0.1) is 0 Å². The highest BCUT2D eigenvalue weighted by molar-refractivity contribution is 6.12. The number of hydrogen-bond acceptors (Lipinski definition) is 2. The molecule has 8 heterocycles. The fraction of sp³-hybridized carbons (Fsp3) is 0. The molecule has 8 nitrogen and oxygen atoms in total. The summed E-state index contributed by atoms with van der Waals surface area (Å²) in [4.78, 5) is 9.66. The first kappa shape index (κ1) is 66.8. The Morgan fingerprint density at radius 2 is 0.535 bits per heavy atom. The average molecular weight is 1460 g/mol. The summed E-state index contributed by atoms with van der Waals surface area (Å²) in [7, 11) is 0. The molecule has 0 N–H and O–H groups in total. The Kier molecular flexibility index (Phi) is 16.7. The first-order valence-corrected chi connectivity index (χ1v) is 38.7. The quantitative estimate of drug-likeness (QED) is 0.130. The van der Waals surface area contributed by atoms with Crippen LogP contribution in [0, 0.1) is 0 Å². The van der Waals surface area contributed by atoms with E-state index in [4.69, 9.17) is 9.97 Å². The number of nitrogens with zero attached hydrogens (tertiary/aromatic N) is 8. The van der Waals surface area contributed by atoms with Crippen molar-refractivity contribution in [1.29, 1.82) is 0 Å². The Bertz CT molecular complexity index is 7310. The molecule has 0 spiro atoms. The number of fused-ring (bicyclic) bond motifs is 12. The van der Waals surface area contributed by atoms with Crippen LogP contribution in [0.2, 0.25) is 0 Å². The van der Waals surface area contributed by atoms with Gasteiger partial charge in [0.2, 0.25) is 0 Å². The number of para-hydroxylation sites is 8. The molecule has 536 valence electrons. The Balaban J connectivity index is 0.000000108. The van der Waals surface area contributed by atoms with Crippen LogP contribution < -0.4 is 0 Å². The normalized spacial score (nSPS) is 11.5. The molecule has 0 fully saturated rings. The van der Waals surface area contributed by atoms with Gasteiger partial charge >= 0.3 is 0 Å². The lowest BCUT2D eigenvalue weighted by atomic mass is 10.0. The minimum Gasteiger partial charge on any atom is -0.322 e. The van der Waals surface area contributed by atoms with E-state index < -0.39 is 0 Å². The molecule has 0 aliphatic carbocycles. The molecule has 8 aromatic heterocycles. The van der Waals surface area contributed by atoms with Gasteiger partial charge in [-0.1, -0.05) is 279 Å². The Labute approximate surface area is 658 Å². The molecule has 0 aliphatic heterocycles. The van der Waals surface area contributed by atoms with Crippen LogP contribution in [-0.4, -0.2) is 37.2 Å². The zero-order valence-corrected chi connectivity index (χ0v) is 62.1. The summed E-state index contributed by atoms with van der Waals surface area (Å²) in [5.41, 5.74) is 29.3. The topological polar surface area (TPSA) is 54.8 Å². The average Bonchev–Trinajstić information content (AvgIpc) is 1.62. The Morgan fingerprint density at radius 3 is 1.02 bits per heavy atom. The summed E-state index contributed by atoms with van der Waals surface area (Å²) >= 11 is 0. The minimum absolute atomic E-state index is 0.716. The van der Waals surface area contributed by atoms with Gasteiger partial charge in [-0.2, -0.15) is 0 Å². The van der Waals surface area contributed by atoms with Gasteiger partial charge in [-0.3, -0.25) is 0 Å². The maximum Gasteiger partial charge on any atom is 0.161 e. The van der Waals surface area contributed by atoms with Crippen LogP contribution in [0.15, 0.2) is 437 Å². The van der Waals surface area contributed by atoms with Crippen molar-refractivity contribution < 1.29 is 0 Å². The smallest absolute Gasteiger partial charge is 0.161 e. The molecular formula is C106H72N8. The van der Waals surface area contributed by atoms with Crippen molar-refractivity contribution in [2.45, 2.75) is 0 Å². The zero-order chi connectivity index (χ0) is 75.4. The predicted octanol–water partition coefficient (Wildman–Crippen LogP) is 27.3. The lowest BCUT2D eigenvalue weighted by Gasteiger charge is -2.14. The van der Waals surface area contributed by atoms with E-state index in [1.165, 1.54) is 126 Å². The molecular weight excluding hydrogens is 1390 g/mol. The third kappa shape index (κ3) is 11.8. The van der Waals surface area contributed by atoms with Crippen molar-refractivity contribution in [3.05, 3.63) is 437 Å². The molecule has 0 atom stereocenters. The second-order valence-corrected chi connectivity index (χ2v) is 28.9. The summed E-state index contributed by atoms with van der Waals surface area (Å²) in [6.45, 7) is 0. The van der Waals surface area contributed by atoms with Crippen molar-refractivity contribution in [2.75, 3.05) is 0 Å². The summed E-state index contributed by atoms with van der Waals surface area (Å²) < 4.78 is 13.9. The van der Waals surface area contributed by atoms with Crippen molar-refractivity contribution in [1.82, 2.24) is 37.2 Å². The number of aromatic nitrogens is 8. The summed E-state index contributed by atoms with van der Waals surface area (Å²) in [6.07, 6.45) is 10.3. The number of benzene rings is 15. The summed E-state index contributed by atoms with van der Waals surface area (Å²) in [5, 5.41) is 10.1. The van der Waals surface area contributed by atoms with Gasteiger partial charge < -0.3 is 27.2 Å². The van der Waals surface area contributed by atoms with Crippen LogP contribution in [0.4, 0.5) is 0 Å². The van der Waals surface area contributed by atoms with E-state index in [1.54, 1.807) is 0 Å². The lowest BCUT2D eigenvalue weighted by Crippen LogP contribution is -1.99. The van der Waals surface area contributed by atoms with Gasteiger partial charge in [-0.05, 0) is 161 Å². The molecule has 0 saturated carbocycles. The predicted molar refractivity (Wildman–Crippen MR) is 475 cm³/mol. The van der Waals surface area contributed by atoms with E-state index in [0.29, 0.717) is 5.82 Å². The van der Waals surface area contributed by atoms with E-state index in [2.05, 4.69) is 440 Å². The molecule has 114 heavy (non-hydrogen) atoms. The molecule has 15 aromatic carbocycles. The zero-order valence-electron chi connectivity index (χ0n) is 62.1. The monoisotopic (exact) mass is 1460 g/mol. The van der Waals surface area contributed by atoms with Crippen LogP contribution in [0.25, 0.3) is 188 Å². The molecule has 0 bridgehead atoms. The van der Waals surface area contributed by atoms with Crippen molar-refractivity contribution in [3.63, 3.8) is 0 Å². The molecule has 0 aliphatic rings. The van der Waals surface area contributed by atoms with Gasteiger partial charge in [0, 0.05) is 125 Å². The second kappa shape index (κ2) is 28.6. The summed E-state index contributed by atoms with van der Waals surface area (Å²) in [6, 6.07) is 145.